The molecule has 0 bridgehead atoms. The second-order valence-electron chi connectivity index (χ2n) is 5.38. The van der Waals surface area contributed by atoms with Crippen molar-refractivity contribution in [2.45, 2.75) is 26.2 Å². The molecule has 0 spiro atoms. The molecule has 0 radical (unpaired) electrons. The maximum Gasteiger partial charge on any atom is 0.260 e. The Labute approximate surface area is 124 Å². The molecule has 21 heavy (non-hydrogen) atoms. The summed E-state index contributed by atoms with van der Waals surface area (Å²) in [5, 5.41) is 3.29. The van der Waals surface area contributed by atoms with E-state index < -0.39 is 0 Å². The molecule has 0 saturated carbocycles. The molecule has 1 aliphatic heterocycles. The highest BCUT2D eigenvalue weighted by Gasteiger charge is 2.16. The van der Waals surface area contributed by atoms with Crippen molar-refractivity contribution in [1.82, 2.24) is 14.4 Å². The first-order valence-electron chi connectivity index (χ1n) is 7.65. The molecular formula is C15H22N4O2. The molecule has 1 aliphatic rings. The minimum Gasteiger partial charge on any atom is -0.475 e. The summed E-state index contributed by atoms with van der Waals surface area (Å²) in [5.74, 6) is 1.97. The maximum atomic E-state index is 5.95. The molecule has 2 aromatic heterocycles. The molecule has 1 fully saturated rings. The van der Waals surface area contributed by atoms with Crippen molar-refractivity contribution < 1.29 is 9.47 Å². The summed E-state index contributed by atoms with van der Waals surface area (Å²) in [6.45, 7) is 5.37. The number of fused-ring (bicyclic) bond motifs is 1. The van der Waals surface area contributed by atoms with E-state index in [9.17, 15) is 0 Å². The van der Waals surface area contributed by atoms with Gasteiger partial charge in [0.05, 0.1) is 12.8 Å². The third-order valence-corrected chi connectivity index (χ3v) is 3.70. The zero-order valence-corrected chi connectivity index (χ0v) is 12.4. The summed E-state index contributed by atoms with van der Waals surface area (Å²) in [4.78, 5) is 8.87. The average Bonchev–Trinajstić information content (AvgIpc) is 3.00. The SMILES string of the molecule is CCCNc1cn2ccnc2c(OCC2CCOCC2)n1. The maximum absolute atomic E-state index is 5.95. The summed E-state index contributed by atoms with van der Waals surface area (Å²) in [6, 6.07) is 0. The van der Waals surface area contributed by atoms with Gasteiger partial charge in [-0.2, -0.15) is 4.98 Å². The molecule has 1 saturated heterocycles. The van der Waals surface area contributed by atoms with E-state index >= 15 is 0 Å². The van der Waals surface area contributed by atoms with E-state index in [1.54, 1.807) is 6.20 Å². The van der Waals surface area contributed by atoms with Gasteiger partial charge < -0.3 is 14.8 Å². The van der Waals surface area contributed by atoms with Crippen molar-refractivity contribution in [2.75, 3.05) is 31.7 Å². The van der Waals surface area contributed by atoms with E-state index in [1.807, 2.05) is 16.8 Å². The van der Waals surface area contributed by atoms with Crippen LogP contribution in [0, 0.1) is 5.92 Å². The van der Waals surface area contributed by atoms with Crippen LogP contribution < -0.4 is 10.1 Å². The van der Waals surface area contributed by atoms with E-state index in [-0.39, 0.29) is 0 Å². The second kappa shape index (κ2) is 6.76. The van der Waals surface area contributed by atoms with Crippen molar-refractivity contribution in [3.8, 4) is 5.88 Å². The Balaban J connectivity index is 1.73. The Hall–Kier alpha value is -1.82. The van der Waals surface area contributed by atoms with Gasteiger partial charge in [-0.05, 0) is 25.2 Å². The first-order valence-corrected chi connectivity index (χ1v) is 7.65. The molecule has 6 nitrogen and oxygen atoms in total. The summed E-state index contributed by atoms with van der Waals surface area (Å²) < 4.78 is 13.3. The Morgan fingerprint density at radius 1 is 1.43 bits per heavy atom. The van der Waals surface area contributed by atoms with Gasteiger partial charge in [0.2, 0.25) is 5.65 Å². The fourth-order valence-electron chi connectivity index (χ4n) is 2.45. The monoisotopic (exact) mass is 290 g/mol. The quantitative estimate of drug-likeness (QED) is 0.885. The first-order chi connectivity index (χ1) is 10.4. The molecule has 114 valence electrons. The van der Waals surface area contributed by atoms with E-state index in [0.717, 1.165) is 50.5 Å². The van der Waals surface area contributed by atoms with Gasteiger partial charge in [-0.15, -0.1) is 0 Å². The standard InChI is InChI=1S/C15H22N4O2/c1-2-5-16-13-10-19-7-6-17-14(19)15(18-13)21-11-12-3-8-20-9-4-12/h6-7,10,12,16H,2-5,8-9,11H2,1H3. The highest BCUT2D eigenvalue weighted by molar-refractivity contribution is 5.53. The molecule has 2 aromatic rings. The summed E-state index contributed by atoms with van der Waals surface area (Å²) in [7, 11) is 0. The van der Waals surface area contributed by atoms with Crippen LogP contribution in [0.4, 0.5) is 5.82 Å². The predicted molar refractivity (Wildman–Crippen MR) is 80.8 cm³/mol. The fourth-order valence-corrected chi connectivity index (χ4v) is 2.45. The second-order valence-corrected chi connectivity index (χ2v) is 5.38. The van der Waals surface area contributed by atoms with E-state index in [4.69, 9.17) is 9.47 Å². The van der Waals surface area contributed by atoms with Gasteiger partial charge in [-0.25, -0.2) is 4.98 Å². The van der Waals surface area contributed by atoms with Crippen LogP contribution >= 0.6 is 0 Å². The topological polar surface area (TPSA) is 60.7 Å². The van der Waals surface area contributed by atoms with Crippen LogP contribution in [-0.4, -0.2) is 40.7 Å². The molecule has 3 rings (SSSR count). The predicted octanol–water partition coefficient (Wildman–Crippen LogP) is 2.36. The van der Waals surface area contributed by atoms with Gasteiger partial charge in [0, 0.05) is 32.2 Å². The molecule has 0 unspecified atom stereocenters. The van der Waals surface area contributed by atoms with Crippen LogP contribution in [0.2, 0.25) is 0 Å². The lowest BCUT2D eigenvalue weighted by molar-refractivity contribution is 0.0492. The third-order valence-electron chi connectivity index (χ3n) is 3.70. The van der Waals surface area contributed by atoms with Crippen LogP contribution in [0.1, 0.15) is 26.2 Å². The number of hydrogen-bond acceptors (Lipinski definition) is 5. The molecule has 0 atom stereocenters. The lowest BCUT2D eigenvalue weighted by Crippen LogP contribution is -2.22. The minimum absolute atomic E-state index is 0.544. The average molecular weight is 290 g/mol. The smallest absolute Gasteiger partial charge is 0.260 e. The van der Waals surface area contributed by atoms with Crippen molar-refractivity contribution in [2.24, 2.45) is 5.92 Å². The number of nitrogens with zero attached hydrogens (tertiary/aromatic N) is 3. The van der Waals surface area contributed by atoms with Gasteiger partial charge in [0.15, 0.2) is 0 Å². The molecule has 0 aromatic carbocycles. The van der Waals surface area contributed by atoms with Crippen LogP contribution in [0.25, 0.3) is 5.65 Å². The van der Waals surface area contributed by atoms with Gasteiger partial charge >= 0.3 is 0 Å². The molecule has 0 aliphatic carbocycles. The summed E-state index contributed by atoms with van der Waals surface area (Å²) in [5.41, 5.74) is 0.768. The van der Waals surface area contributed by atoms with Gasteiger partial charge in [-0.1, -0.05) is 6.92 Å². The number of ether oxygens (including phenoxy) is 2. The largest absolute Gasteiger partial charge is 0.475 e. The fraction of sp³-hybridized carbons (Fsp3) is 0.600. The van der Waals surface area contributed by atoms with Crippen LogP contribution in [0.3, 0.4) is 0 Å². The molecule has 1 N–H and O–H groups in total. The van der Waals surface area contributed by atoms with Crippen molar-refractivity contribution in [3.63, 3.8) is 0 Å². The number of nitrogens with one attached hydrogen (secondary N) is 1. The Bertz CT molecular complexity index is 578. The third kappa shape index (κ3) is 3.44. The normalized spacial score (nSPS) is 16.2. The number of hydrogen-bond donors (Lipinski definition) is 1. The molecule has 3 heterocycles. The Morgan fingerprint density at radius 3 is 3.10 bits per heavy atom. The number of aromatic nitrogens is 3. The van der Waals surface area contributed by atoms with E-state index in [0.29, 0.717) is 18.4 Å². The lowest BCUT2D eigenvalue weighted by atomic mass is 10.0. The van der Waals surface area contributed by atoms with Gasteiger partial charge in [0.1, 0.15) is 5.82 Å². The minimum atomic E-state index is 0.544. The van der Waals surface area contributed by atoms with Gasteiger partial charge in [0.25, 0.3) is 5.88 Å². The highest BCUT2D eigenvalue weighted by atomic mass is 16.5. The molecule has 6 heteroatoms. The number of imidazole rings is 1. The van der Waals surface area contributed by atoms with Gasteiger partial charge in [-0.3, -0.25) is 4.40 Å². The molecular weight excluding hydrogens is 268 g/mol. The van der Waals surface area contributed by atoms with Crippen LogP contribution in [0.15, 0.2) is 18.6 Å². The molecule has 0 amide bonds. The summed E-state index contributed by atoms with van der Waals surface area (Å²) >= 11 is 0. The lowest BCUT2D eigenvalue weighted by Gasteiger charge is -2.22. The highest BCUT2D eigenvalue weighted by Crippen LogP contribution is 2.21. The van der Waals surface area contributed by atoms with E-state index in [2.05, 4.69) is 22.2 Å². The first kappa shape index (κ1) is 14.1. The van der Waals surface area contributed by atoms with Crippen molar-refractivity contribution in [1.29, 1.82) is 0 Å². The zero-order valence-electron chi connectivity index (χ0n) is 12.4. The van der Waals surface area contributed by atoms with Crippen LogP contribution in [-0.2, 0) is 4.74 Å². The van der Waals surface area contributed by atoms with E-state index in [1.165, 1.54) is 0 Å². The summed E-state index contributed by atoms with van der Waals surface area (Å²) in [6.07, 6.45) is 8.79. The van der Waals surface area contributed by atoms with Crippen LogP contribution in [0.5, 0.6) is 5.88 Å². The number of rotatable bonds is 6. The van der Waals surface area contributed by atoms with Crippen molar-refractivity contribution in [3.05, 3.63) is 18.6 Å². The van der Waals surface area contributed by atoms with Crippen molar-refractivity contribution >= 4 is 11.5 Å². The Morgan fingerprint density at radius 2 is 2.29 bits per heavy atom. The number of anilines is 1. The Kier molecular flexibility index (Phi) is 4.55. The zero-order chi connectivity index (χ0) is 14.5.